The minimum atomic E-state index is -0.110. The molecule has 0 spiro atoms. The molecule has 0 bridgehead atoms. The molecule has 3 aromatic heterocycles. The van der Waals surface area contributed by atoms with Crippen LogP contribution in [0.4, 0.5) is 0 Å². The summed E-state index contributed by atoms with van der Waals surface area (Å²) >= 11 is 1.60. The van der Waals surface area contributed by atoms with Crippen molar-refractivity contribution in [3.63, 3.8) is 0 Å². The normalized spacial score (nSPS) is 12.5. The molecule has 0 saturated heterocycles. The summed E-state index contributed by atoms with van der Waals surface area (Å²) in [6.07, 6.45) is 0.592. The number of thiophene rings is 1. The van der Waals surface area contributed by atoms with Gasteiger partial charge in [-0.3, -0.25) is 4.79 Å². The maximum absolute atomic E-state index is 12.0. The molecular weight excluding hydrogens is 298 g/mol. The first-order chi connectivity index (χ1) is 10.6. The van der Waals surface area contributed by atoms with Gasteiger partial charge in [-0.05, 0) is 23.6 Å². The lowest BCUT2D eigenvalue weighted by atomic mass is 10.0. The van der Waals surface area contributed by atoms with Crippen molar-refractivity contribution in [1.29, 1.82) is 0 Å². The third-order valence-corrected chi connectivity index (χ3v) is 4.30. The van der Waals surface area contributed by atoms with Crippen LogP contribution >= 0.6 is 11.3 Å². The van der Waals surface area contributed by atoms with Crippen LogP contribution in [0.15, 0.2) is 29.6 Å². The lowest BCUT2D eigenvalue weighted by molar-refractivity contribution is -0.132. The number of fused-ring (bicyclic) bond motifs is 1. The van der Waals surface area contributed by atoms with Crippen molar-refractivity contribution < 1.29 is 4.79 Å². The highest BCUT2D eigenvalue weighted by atomic mass is 32.1. The first-order valence-corrected chi connectivity index (χ1v) is 7.90. The van der Waals surface area contributed by atoms with Gasteiger partial charge in [0, 0.05) is 26.4 Å². The fourth-order valence-corrected chi connectivity index (χ4v) is 3.03. The molecule has 7 heteroatoms. The Morgan fingerprint density at radius 1 is 1.32 bits per heavy atom. The Balaban J connectivity index is 1.92. The summed E-state index contributed by atoms with van der Waals surface area (Å²) in [7, 11) is 3.54. The van der Waals surface area contributed by atoms with Crippen molar-refractivity contribution >= 4 is 22.9 Å². The van der Waals surface area contributed by atoms with Gasteiger partial charge in [0.05, 0.1) is 10.6 Å². The van der Waals surface area contributed by atoms with E-state index in [0.29, 0.717) is 12.1 Å². The molecule has 22 heavy (non-hydrogen) atoms. The first-order valence-electron chi connectivity index (χ1n) is 7.02. The van der Waals surface area contributed by atoms with E-state index in [9.17, 15) is 4.79 Å². The van der Waals surface area contributed by atoms with Crippen molar-refractivity contribution in [3.05, 3.63) is 35.3 Å². The van der Waals surface area contributed by atoms with Gasteiger partial charge in [0.2, 0.25) is 5.91 Å². The number of carbonyl (C=O) groups excluding carboxylic acids is 1. The zero-order valence-electron chi connectivity index (χ0n) is 12.7. The predicted octanol–water partition coefficient (Wildman–Crippen LogP) is 2.12. The number of amides is 1. The fourth-order valence-electron chi connectivity index (χ4n) is 2.34. The van der Waals surface area contributed by atoms with E-state index in [1.165, 1.54) is 0 Å². The molecule has 1 atom stereocenters. The van der Waals surface area contributed by atoms with E-state index in [4.69, 9.17) is 0 Å². The molecule has 0 aliphatic heterocycles. The molecule has 6 nitrogen and oxygen atoms in total. The van der Waals surface area contributed by atoms with E-state index in [-0.39, 0.29) is 11.8 Å². The predicted molar refractivity (Wildman–Crippen MR) is 85.7 cm³/mol. The molecule has 0 aliphatic carbocycles. The number of rotatable bonds is 4. The average molecular weight is 315 g/mol. The number of hydrogen-bond donors (Lipinski definition) is 0. The molecule has 1 amide bonds. The summed E-state index contributed by atoms with van der Waals surface area (Å²) in [6.45, 7) is 1.92. The fraction of sp³-hybridized carbons (Fsp3) is 0.333. The van der Waals surface area contributed by atoms with Crippen LogP contribution in [0.5, 0.6) is 0 Å². The van der Waals surface area contributed by atoms with Crippen LogP contribution in [0, 0.1) is 5.92 Å². The largest absolute Gasteiger partial charge is 0.349 e. The second-order valence-electron chi connectivity index (χ2n) is 5.43. The van der Waals surface area contributed by atoms with Crippen LogP contribution in [0.3, 0.4) is 0 Å². The van der Waals surface area contributed by atoms with Gasteiger partial charge in [-0.1, -0.05) is 13.0 Å². The Labute approximate surface area is 132 Å². The molecule has 0 fully saturated rings. The van der Waals surface area contributed by atoms with Gasteiger partial charge in [0.25, 0.3) is 0 Å². The van der Waals surface area contributed by atoms with Crippen LogP contribution in [0.2, 0.25) is 0 Å². The molecule has 0 saturated carbocycles. The quantitative estimate of drug-likeness (QED) is 0.740. The highest BCUT2D eigenvalue weighted by Gasteiger charge is 2.17. The van der Waals surface area contributed by atoms with Crippen LogP contribution in [0.1, 0.15) is 12.6 Å². The zero-order chi connectivity index (χ0) is 15.7. The minimum absolute atomic E-state index is 0.101. The van der Waals surface area contributed by atoms with Gasteiger partial charge < -0.3 is 4.90 Å². The second-order valence-corrected chi connectivity index (χ2v) is 6.38. The number of carbonyl (C=O) groups is 1. The highest BCUT2D eigenvalue weighted by Crippen LogP contribution is 2.23. The van der Waals surface area contributed by atoms with E-state index >= 15 is 0 Å². The van der Waals surface area contributed by atoms with E-state index in [0.717, 1.165) is 16.4 Å². The topological polar surface area (TPSA) is 63.4 Å². The monoisotopic (exact) mass is 315 g/mol. The van der Waals surface area contributed by atoms with Gasteiger partial charge in [0.15, 0.2) is 11.5 Å². The van der Waals surface area contributed by atoms with Crippen molar-refractivity contribution in [2.75, 3.05) is 14.1 Å². The molecule has 3 heterocycles. The second kappa shape index (κ2) is 5.84. The van der Waals surface area contributed by atoms with E-state index in [1.54, 1.807) is 34.8 Å². The average Bonchev–Trinajstić information content (AvgIpc) is 3.14. The van der Waals surface area contributed by atoms with E-state index in [2.05, 4.69) is 15.3 Å². The molecule has 3 aromatic rings. The molecule has 3 rings (SSSR count). The Morgan fingerprint density at radius 3 is 2.82 bits per heavy atom. The Bertz CT molecular complexity index is 793. The Hall–Kier alpha value is -2.28. The van der Waals surface area contributed by atoms with Crippen molar-refractivity contribution in [1.82, 2.24) is 24.7 Å². The van der Waals surface area contributed by atoms with Gasteiger partial charge in [0.1, 0.15) is 0 Å². The maximum Gasteiger partial charge on any atom is 0.225 e. The molecule has 0 unspecified atom stereocenters. The van der Waals surface area contributed by atoms with Crippen molar-refractivity contribution in [2.24, 2.45) is 5.92 Å². The minimum Gasteiger partial charge on any atom is -0.349 e. The lowest BCUT2D eigenvalue weighted by Crippen LogP contribution is -2.29. The maximum atomic E-state index is 12.0. The molecule has 114 valence electrons. The van der Waals surface area contributed by atoms with Crippen LogP contribution in [-0.4, -0.2) is 44.7 Å². The lowest BCUT2D eigenvalue weighted by Gasteiger charge is -2.16. The van der Waals surface area contributed by atoms with Gasteiger partial charge in [-0.2, -0.15) is 9.61 Å². The summed E-state index contributed by atoms with van der Waals surface area (Å²) in [5, 5.41) is 14.9. The summed E-state index contributed by atoms with van der Waals surface area (Å²) in [6, 6.07) is 7.76. The van der Waals surface area contributed by atoms with Crippen LogP contribution < -0.4 is 0 Å². The van der Waals surface area contributed by atoms with Gasteiger partial charge in [-0.15, -0.1) is 21.5 Å². The molecule has 0 aromatic carbocycles. The summed E-state index contributed by atoms with van der Waals surface area (Å²) in [5.41, 5.74) is 1.56. The third-order valence-electron chi connectivity index (χ3n) is 3.44. The third kappa shape index (κ3) is 2.71. The van der Waals surface area contributed by atoms with Gasteiger partial charge >= 0.3 is 0 Å². The number of aromatic nitrogens is 4. The Morgan fingerprint density at radius 2 is 2.14 bits per heavy atom. The smallest absolute Gasteiger partial charge is 0.225 e. The summed E-state index contributed by atoms with van der Waals surface area (Å²) < 4.78 is 1.74. The molecule has 0 N–H and O–H groups in total. The standard InChI is InChI=1S/C15H17N5OS/c1-10(15(21)19(2)3)9-11-6-7-13-16-17-14(20(13)18-11)12-5-4-8-22-12/h4-8,10H,9H2,1-3H3/t10-/m1/s1. The van der Waals surface area contributed by atoms with E-state index in [1.807, 2.05) is 36.6 Å². The first kappa shape index (κ1) is 14.6. The van der Waals surface area contributed by atoms with Crippen LogP contribution in [0.25, 0.3) is 16.3 Å². The number of nitrogens with zero attached hydrogens (tertiary/aromatic N) is 5. The van der Waals surface area contributed by atoms with Gasteiger partial charge in [-0.25, -0.2) is 0 Å². The number of hydrogen-bond acceptors (Lipinski definition) is 5. The van der Waals surface area contributed by atoms with E-state index < -0.39 is 0 Å². The summed E-state index contributed by atoms with van der Waals surface area (Å²) in [5.74, 6) is 0.726. The summed E-state index contributed by atoms with van der Waals surface area (Å²) in [4.78, 5) is 14.6. The van der Waals surface area contributed by atoms with Crippen molar-refractivity contribution in [3.8, 4) is 10.7 Å². The van der Waals surface area contributed by atoms with Crippen molar-refractivity contribution in [2.45, 2.75) is 13.3 Å². The highest BCUT2D eigenvalue weighted by molar-refractivity contribution is 7.13. The SMILES string of the molecule is C[C@H](Cc1ccc2nnc(-c3cccs3)n2n1)C(=O)N(C)C. The van der Waals surface area contributed by atoms with Crippen LogP contribution in [-0.2, 0) is 11.2 Å². The molecule has 0 aliphatic rings. The molecule has 0 radical (unpaired) electrons. The zero-order valence-corrected chi connectivity index (χ0v) is 13.5. The molecular formula is C15H17N5OS. The Kier molecular flexibility index (Phi) is 3.89.